The Balaban J connectivity index is 1.77. The summed E-state index contributed by atoms with van der Waals surface area (Å²) >= 11 is 0. The van der Waals surface area contributed by atoms with Crippen molar-refractivity contribution in [3.8, 4) is 0 Å². The number of halogens is 2. The zero-order valence-electron chi connectivity index (χ0n) is 9.42. The van der Waals surface area contributed by atoms with Gasteiger partial charge in [0.15, 0.2) is 0 Å². The molecule has 0 atom stereocenters. The quantitative estimate of drug-likeness (QED) is 0.830. The Morgan fingerprint density at radius 1 is 1.25 bits per heavy atom. The number of hydrogen-bond donors (Lipinski definition) is 1. The summed E-state index contributed by atoms with van der Waals surface area (Å²) in [5.41, 5.74) is 2.59. The smallest absolute Gasteiger partial charge is 0.250 e. The van der Waals surface area contributed by atoms with E-state index >= 15 is 0 Å². The normalized spacial score (nSPS) is 24.5. The highest BCUT2D eigenvalue weighted by Gasteiger charge is 2.30. The molecule has 0 unspecified atom stereocenters. The molecule has 0 aliphatic heterocycles. The van der Waals surface area contributed by atoms with E-state index in [9.17, 15) is 8.78 Å². The van der Waals surface area contributed by atoms with Crippen LogP contribution in [0.15, 0.2) is 24.3 Å². The van der Waals surface area contributed by atoms with Crippen LogP contribution in [0.2, 0.25) is 0 Å². The summed E-state index contributed by atoms with van der Waals surface area (Å²) in [4.78, 5) is 0. The Labute approximate surface area is 94.9 Å². The van der Waals surface area contributed by atoms with Crippen molar-refractivity contribution in [2.24, 2.45) is 0 Å². The van der Waals surface area contributed by atoms with Crippen LogP contribution < -0.4 is 5.32 Å². The predicted octanol–water partition coefficient (Wildman–Crippen LogP) is 3.10. The monoisotopic (exact) mass is 225 g/mol. The van der Waals surface area contributed by atoms with Crippen molar-refractivity contribution < 1.29 is 8.78 Å². The Morgan fingerprint density at radius 3 is 2.44 bits per heavy atom. The van der Waals surface area contributed by atoms with Crippen LogP contribution in [0.25, 0.3) is 0 Å². The molecule has 88 valence electrons. The van der Waals surface area contributed by atoms with Crippen LogP contribution in [-0.4, -0.2) is 19.0 Å². The summed E-state index contributed by atoms with van der Waals surface area (Å²) in [7, 11) is 0. The predicted molar refractivity (Wildman–Crippen MR) is 60.9 cm³/mol. The molecule has 0 heterocycles. The maximum atomic E-state index is 12.0. The fourth-order valence-corrected chi connectivity index (χ4v) is 2.15. The van der Waals surface area contributed by atoms with E-state index in [0.717, 1.165) is 12.8 Å². The first-order valence-electron chi connectivity index (χ1n) is 5.73. The van der Waals surface area contributed by atoms with E-state index in [1.807, 2.05) is 0 Å². The molecule has 3 heteroatoms. The number of rotatable bonds is 4. The van der Waals surface area contributed by atoms with Gasteiger partial charge < -0.3 is 5.32 Å². The van der Waals surface area contributed by atoms with Gasteiger partial charge in [-0.05, 0) is 31.2 Å². The molecule has 0 bridgehead atoms. The van der Waals surface area contributed by atoms with Crippen molar-refractivity contribution in [1.29, 1.82) is 0 Å². The number of nitrogens with one attached hydrogen (secondary N) is 1. The highest BCUT2D eigenvalue weighted by Crippen LogP contribution is 2.36. The standard InChI is InChI=1S/C13H17F2N/c1-9-2-4-10(5-3-9)11-6-12(7-11)16-8-13(14)15/h2-5,11-13,16H,6-8H2,1H3. The first-order chi connectivity index (χ1) is 7.65. The number of alkyl halides is 2. The van der Waals surface area contributed by atoms with Crippen molar-refractivity contribution in [3.05, 3.63) is 35.4 Å². The van der Waals surface area contributed by atoms with Gasteiger partial charge in [0.1, 0.15) is 0 Å². The zero-order valence-corrected chi connectivity index (χ0v) is 9.42. The Kier molecular flexibility index (Phi) is 3.54. The zero-order chi connectivity index (χ0) is 11.5. The molecule has 1 aromatic carbocycles. The van der Waals surface area contributed by atoms with Crippen LogP contribution >= 0.6 is 0 Å². The molecule has 0 radical (unpaired) electrons. The van der Waals surface area contributed by atoms with Crippen molar-refractivity contribution in [1.82, 2.24) is 5.32 Å². The van der Waals surface area contributed by atoms with E-state index in [4.69, 9.17) is 0 Å². The molecule has 1 N–H and O–H groups in total. The highest BCUT2D eigenvalue weighted by molar-refractivity contribution is 5.26. The number of hydrogen-bond acceptors (Lipinski definition) is 1. The Hall–Kier alpha value is -0.960. The van der Waals surface area contributed by atoms with Gasteiger partial charge in [-0.15, -0.1) is 0 Å². The maximum Gasteiger partial charge on any atom is 0.250 e. The lowest BCUT2D eigenvalue weighted by Gasteiger charge is -2.36. The second-order valence-electron chi connectivity index (χ2n) is 4.58. The molecule has 0 saturated heterocycles. The molecule has 0 aromatic heterocycles. The average molecular weight is 225 g/mol. The summed E-state index contributed by atoms with van der Waals surface area (Å²) in [6, 6.07) is 8.78. The van der Waals surface area contributed by atoms with E-state index in [1.54, 1.807) is 0 Å². The molecule has 0 spiro atoms. The van der Waals surface area contributed by atoms with Crippen LogP contribution in [0.1, 0.15) is 29.9 Å². The molecule has 1 fully saturated rings. The van der Waals surface area contributed by atoms with Crippen LogP contribution in [0.4, 0.5) is 8.78 Å². The third-order valence-electron chi connectivity index (χ3n) is 3.25. The molecule has 1 aromatic rings. The summed E-state index contributed by atoms with van der Waals surface area (Å²) < 4.78 is 23.9. The van der Waals surface area contributed by atoms with Crippen molar-refractivity contribution in [2.45, 2.75) is 38.2 Å². The molecule has 1 saturated carbocycles. The molecular weight excluding hydrogens is 208 g/mol. The van der Waals surface area contributed by atoms with Crippen LogP contribution in [0.5, 0.6) is 0 Å². The van der Waals surface area contributed by atoms with Gasteiger partial charge in [-0.1, -0.05) is 29.8 Å². The van der Waals surface area contributed by atoms with Crippen LogP contribution in [0, 0.1) is 6.92 Å². The van der Waals surface area contributed by atoms with Gasteiger partial charge in [0.2, 0.25) is 0 Å². The second-order valence-corrected chi connectivity index (χ2v) is 4.58. The fourth-order valence-electron chi connectivity index (χ4n) is 2.15. The first-order valence-corrected chi connectivity index (χ1v) is 5.73. The Morgan fingerprint density at radius 2 is 1.88 bits per heavy atom. The van der Waals surface area contributed by atoms with Crippen molar-refractivity contribution in [3.63, 3.8) is 0 Å². The lowest BCUT2D eigenvalue weighted by Crippen LogP contribution is -2.42. The molecule has 1 aliphatic rings. The van der Waals surface area contributed by atoms with Crippen molar-refractivity contribution in [2.75, 3.05) is 6.54 Å². The minimum absolute atomic E-state index is 0.175. The Bertz CT molecular complexity index is 328. The van der Waals surface area contributed by atoms with Crippen LogP contribution in [-0.2, 0) is 0 Å². The van der Waals surface area contributed by atoms with E-state index in [0.29, 0.717) is 5.92 Å². The largest absolute Gasteiger partial charge is 0.309 e. The number of aryl methyl sites for hydroxylation is 1. The second kappa shape index (κ2) is 4.91. The van der Waals surface area contributed by atoms with Crippen LogP contribution in [0.3, 0.4) is 0 Å². The third-order valence-corrected chi connectivity index (χ3v) is 3.25. The molecule has 2 rings (SSSR count). The molecular formula is C13H17F2N. The van der Waals surface area contributed by atoms with Crippen molar-refractivity contribution >= 4 is 0 Å². The van der Waals surface area contributed by atoms with E-state index in [-0.39, 0.29) is 12.6 Å². The minimum atomic E-state index is -2.24. The maximum absolute atomic E-state index is 12.0. The topological polar surface area (TPSA) is 12.0 Å². The van der Waals surface area contributed by atoms with Gasteiger partial charge in [0.25, 0.3) is 6.43 Å². The van der Waals surface area contributed by atoms with Gasteiger partial charge >= 0.3 is 0 Å². The lowest BCUT2D eigenvalue weighted by molar-refractivity contribution is 0.131. The van der Waals surface area contributed by atoms with E-state index in [2.05, 4.69) is 36.5 Å². The number of benzene rings is 1. The van der Waals surface area contributed by atoms with Gasteiger partial charge in [0, 0.05) is 6.04 Å². The van der Waals surface area contributed by atoms with Gasteiger partial charge in [0.05, 0.1) is 6.54 Å². The first kappa shape index (κ1) is 11.5. The van der Waals surface area contributed by atoms with E-state index in [1.165, 1.54) is 11.1 Å². The third kappa shape index (κ3) is 2.79. The fraction of sp³-hybridized carbons (Fsp3) is 0.538. The van der Waals surface area contributed by atoms with Gasteiger partial charge in [-0.2, -0.15) is 0 Å². The summed E-state index contributed by atoms with van der Waals surface area (Å²) in [6.45, 7) is 1.89. The average Bonchev–Trinajstić information content (AvgIpc) is 2.18. The minimum Gasteiger partial charge on any atom is -0.309 e. The summed E-state index contributed by atoms with van der Waals surface area (Å²) in [5.74, 6) is 0.552. The SMILES string of the molecule is Cc1ccc(C2CC(NCC(F)F)C2)cc1. The molecule has 16 heavy (non-hydrogen) atoms. The molecule has 1 nitrogen and oxygen atoms in total. The molecule has 0 amide bonds. The summed E-state index contributed by atoms with van der Waals surface area (Å²) in [6.07, 6.45) is -0.274. The summed E-state index contributed by atoms with van der Waals surface area (Å²) in [5, 5.41) is 2.88. The lowest BCUT2D eigenvalue weighted by atomic mass is 9.76. The molecule has 1 aliphatic carbocycles. The van der Waals surface area contributed by atoms with Gasteiger partial charge in [-0.25, -0.2) is 8.78 Å². The van der Waals surface area contributed by atoms with Gasteiger partial charge in [-0.3, -0.25) is 0 Å². The van der Waals surface area contributed by atoms with E-state index < -0.39 is 6.43 Å². The highest BCUT2D eigenvalue weighted by atomic mass is 19.3.